The third-order valence-corrected chi connectivity index (χ3v) is 5.44. The molecule has 1 amide bonds. The number of rotatable bonds is 7. The molecule has 4 N–H and O–H groups in total. The molecule has 2 rings (SSSR count). The Balaban J connectivity index is 0.00000450. The van der Waals surface area contributed by atoms with Gasteiger partial charge in [0.05, 0.1) is 6.10 Å². The number of anilines is 1. The molecular weight excluding hydrogens is 495 g/mol. The summed E-state index contributed by atoms with van der Waals surface area (Å²) in [5, 5.41) is 6.71. The van der Waals surface area contributed by atoms with Gasteiger partial charge in [-0.2, -0.15) is 0 Å². The fourth-order valence-electron chi connectivity index (χ4n) is 3.56. The van der Waals surface area contributed by atoms with Gasteiger partial charge in [-0.05, 0) is 24.3 Å². The quantitative estimate of drug-likeness (QED) is 0.283. The predicted octanol–water partition coefficient (Wildman–Crippen LogP) is 2.13. The number of aromatic nitrogens is 1. The highest BCUT2D eigenvalue weighted by atomic mass is 127. The van der Waals surface area contributed by atoms with Crippen molar-refractivity contribution in [1.29, 1.82) is 0 Å². The number of carbonyl (C=O) groups is 1. The minimum atomic E-state index is -0.202. The third-order valence-electron chi connectivity index (χ3n) is 5.44. The molecule has 9 heteroatoms. The van der Waals surface area contributed by atoms with Crippen LogP contribution in [0.4, 0.5) is 5.82 Å². The number of carbonyl (C=O) groups excluding carboxylic acids is 1. The van der Waals surface area contributed by atoms with Crippen molar-refractivity contribution >= 4 is 41.7 Å². The highest BCUT2D eigenvalue weighted by Gasteiger charge is 2.26. The lowest BCUT2D eigenvalue weighted by molar-refractivity contribution is -0.122. The molecule has 0 aliphatic carbocycles. The zero-order valence-electron chi connectivity index (χ0n) is 18.8. The van der Waals surface area contributed by atoms with Crippen molar-refractivity contribution in [3.05, 3.63) is 23.9 Å². The van der Waals surface area contributed by atoms with E-state index in [-0.39, 0.29) is 47.3 Å². The van der Waals surface area contributed by atoms with Crippen LogP contribution in [0.2, 0.25) is 0 Å². The second-order valence-electron chi connectivity index (χ2n) is 8.55. The van der Waals surface area contributed by atoms with Crippen LogP contribution in [-0.4, -0.2) is 56.7 Å². The van der Waals surface area contributed by atoms with Crippen LogP contribution in [0.5, 0.6) is 0 Å². The number of ether oxygens (including phenoxy) is 1. The Morgan fingerprint density at radius 2 is 2.03 bits per heavy atom. The number of nitrogens with zero attached hydrogens (tertiary/aromatic N) is 3. The average molecular weight is 532 g/mol. The van der Waals surface area contributed by atoms with Gasteiger partial charge in [0, 0.05) is 58.0 Å². The first-order valence-corrected chi connectivity index (χ1v) is 10.2. The predicted molar refractivity (Wildman–Crippen MR) is 132 cm³/mol. The van der Waals surface area contributed by atoms with Crippen molar-refractivity contribution < 1.29 is 9.53 Å². The molecule has 1 aliphatic rings. The molecule has 0 aromatic carbocycles. The zero-order valence-corrected chi connectivity index (χ0v) is 21.1. The summed E-state index contributed by atoms with van der Waals surface area (Å²) < 4.78 is 5.60. The number of aliphatic imine (C=N–C) groups is 1. The lowest BCUT2D eigenvalue weighted by Gasteiger charge is -2.32. The minimum Gasteiger partial charge on any atom is -0.379 e. The Morgan fingerprint density at radius 3 is 2.57 bits per heavy atom. The van der Waals surface area contributed by atoms with Gasteiger partial charge in [0.15, 0.2) is 5.96 Å². The van der Waals surface area contributed by atoms with Crippen LogP contribution in [0.3, 0.4) is 0 Å². The van der Waals surface area contributed by atoms with Gasteiger partial charge >= 0.3 is 0 Å². The number of halogens is 1. The van der Waals surface area contributed by atoms with Gasteiger partial charge < -0.3 is 26.0 Å². The van der Waals surface area contributed by atoms with Crippen molar-refractivity contribution in [2.45, 2.75) is 46.3 Å². The topological polar surface area (TPSA) is 105 Å². The molecule has 1 aromatic rings. The number of primary amides is 1. The van der Waals surface area contributed by atoms with Gasteiger partial charge in [0.25, 0.3) is 0 Å². The van der Waals surface area contributed by atoms with E-state index in [0.29, 0.717) is 13.1 Å². The van der Waals surface area contributed by atoms with Crippen LogP contribution in [-0.2, 0) is 16.1 Å². The molecule has 2 heterocycles. The van der Waals surface area contributed by atoms with Crippen LogP contribution < -0.4 is 21.3 Å². The minimum absolute atomic E-state index is 0. The molecular formula is C21H37IN6O2. The second kappa shape index (κ2) is 12.3. The van der Waals surface area contributed by atoms with Gasteiger partial charge in [0.1, 0.15) is 5.82 Å². The van der Waals surface area contributed by atoms with E-state index in [2.05, 4.69) is 52.3 Å². The molecule has 8 nitrogen and oxygen atoms in total. The smallest absolute Gasteiger partial charge is 0.220 e. The maximum Gasteiger partial charge on any atom is 0.220 e. The van der Waals surface area contributed by atoms with Gasteiger partial charge in [-0.25, -0.2) is 4.98 Å². The van der Waals surface area contributed by atoms with Crippen LogP contribution >= 0.6 is 24.0 Å². The summed E-state index contributed by atoms with van der Waals surface area (Å²) in [7, 11) is 3.49. The number of pyridine rings is 1. The Labute approximate surface area is 197 Å². The van der Waals surface area contributed by atoms with Crippen LogP contribution in [0, 0.1) is 11.3 Å². The Morgan fingerprint density at radius 1 is 1.37 bits per heavy atom. The summed E-state index contributed by atoms with van der Waals surface area (Å²) in [6, 6.07) is 4.00. The highest BCUT2D eigenvalue weighted by molar-refractivity contribution is 14.0. The molecule has 0 saturated carbocycles. The number of nitrogens with one attached hydrogen (secondary N) is 2. The number of nitrogens with two attached hydrogens (primary N) is 1. The van der Waals surface area contributed by atoms with Crippen LogP contribution in [0.1, 0.15) is 39.2 Å². The van der Waals surface area contributed by atoms with Gasteiger partial charge in [0.2, 0.25) is 5.91 Å². The Kier molecular flexibility index (Phi) is 10.8. The number of piperidine rings is 1. The lowest BCUT2D eigenvalue weighted by Crippen LogP contribution is -2.45. The molecule has 0 radical (unpaired) electrons. The van der Waals surface area contributed by atoms with Crippen molar-refractivity contribution in [2.75, 3.05) is 38.7 Å². The van der Waals surface area contributed by atoms with Crippen molar-refractivity contribution in [3.63, 3.8) is 0 Å². The number of hydrogen-bond acceptors (Lipinski definition) is 5. The number of amides is 1. The lowest BCUT2D eigenvalue weighted by atomic mass is 9.89. The maximum absolute atomic E-state index is 11.4. The first-order chi connectivity index (χ1) is 13.8. The highest BCUT2D eigenvalue weighted by Crippen LogP contribution is 2.24. The normalized spacial score (nSPS) is 16.6. The van der Waals surface area contributed by atoms with Gasteiger partial charge in [-0.1, -0.05) is 26.8 Å². The summed E-state index contributed by atoms with van der Waals surface area (Å²) in [5.41, 5.74) is 6.58. The van der Waals surface area contributed by atoms with E-state index in [4.69, 9.17) is 10.5 Å². The van der Waals surface area contributed by atoms with E-state index in [1.807, 2.05) is 6.07 Å². The molecule has 0 spiro atoms. The molecule has 170 valence electrons. The molecule has 0 bridgehead atoms. The summed E-state index contributed by atoms with van der Waals surface area (Å²) in [6.45, 7) is 9.30. The fourth-order valence-corrected chi connectivity index (χ4v) is 3.56. The molecule has 30 heavy (non-hydrogen) atoms. The van der Waals surface area contributed by atoms with E-state index in [0.717, 1.165) is 43.3 Å². The van der Waals surface area contributed by atoms with Crippen molar-refractivity contribution in [1.82, 2.24) is 15.6 Å². The van der Waals surface area contributed by atoms with Crippen molar-refractivity contribution in [2.24, 2.45) is 22.1 Å². The monoisotopic (exact) mass is 532 g/mol. The van der Waals surface area contributed by atoms with E-state index < -0.39 is 0 Å². The molecule has 1 fully saturated rings. The van der Waals surface area contributed by atoms with Crippen molar-refractivity contribution in [3.8, 4) is 0 Å². The Bertz CT molecular complexity index is 699. The summed E-state index contributed by atoms with van der Waals surface area (Å²) in [4.78, 5) is 22.5. The molecule has 1 saturated heterocycles. The van der Waals surface area contributed by atoms with Gasteiger partial charge in [-0.3, -0.25) is 9.79 Å². The summed E-state index contributed by atoms with van der Waals surface area (Å²) in [6.07, 6.45) is 3.42. The molecule has 1 aliphatic heterocycles. The van der Waals surface area contributed by atoms with E-state index in [1.54, 1.807) is 20.4 Å². The van der Waals surface area contributed by atoms with E-state index in [9.17, 15) is 4.79 Å². The number of methoxy groups -OCH3 is 1. The molecule has 1 unspecified atom stereocenters. The first-order valence-electron chi connectivity index (χ1n) is 10.2. The number of guanidine groups is 1. The van der Waals surface area contributed by atoms with E-state index >= 15 is 0 Å². The average Bonchev–Trinajstić information content (AvgIpc) is 2.70. The Hall–Kier alpha value is -1.62. The standard InChI is InChI=1S/C21H36N6O2.HI/c1-21(2,3)17(29-5)14-26-20(23-4)25-13-16-7-6-10-24-19(16)27-11-8-15(9-12-27)18(22)28;/h6-7,10,15,17H,8-9,11-14H2,1-5H3,(H2,22,28)(H2,23,25,26);1H. The SMILES string of the molecule is CN=C(NCc1cccnc1N1CCC(C(N)=O)CC1)NCC(OC)C(C)(C)C.I. The number of hydrogen-bond donors (Lipinski definition) is 3. The largest absolute Gasteiger partial charge is 0.379 e. The third kappa shape index (κ3) is 7.57. The van der Waals surface area contributed by atoms with Crippen LogP contribution in [0.15, 0.2) is 23.3 Å². The summed E-state index contributed by atoms with van der Waals surface area (Å²) >= 11 is 0. The first kappa shape index (κ1) is 26.4. The second-order valence-corrected chi connectivity index (χ2v) is 8.55. The molecule has 1 atom stereocenters. The fraction of sp³-hybridized carbons (Fsp3) is 0.667. The van der Waals surface area contributed by atoms with Crippen LogP contribution in [0.25, 0.3) is 0 Å². The van der Waals surface area contributed by atoms with Gasteiger partial charge in [-0.15, -0.1) is 24.0 Å². The molecule has 1 aromatic heterocycles. The summed E-state index contributed by atoms with van der Waals surface area (Å²) in [5.74, 6) is 1.43. The van der Waals surface area contributed by atoms with E-state index in [1.165, 1.54) is 0 Å². The maximum atomic E-state index is 11.4. The zero-order chi connectivity index (χ0) is 21.4.